The van der Waals surface area contributed by atoms with Gasteiger partial charge in [0, 0.05) is 16.7 Å². The Hall–Kier alpha value is -0.690. The monoisotopic (exact) mass is 388 g/mol. The van der Waals surface area contributed by atoms with Crippen molar-refractivity contribution in [3.63, 3.8) is 0 Å². The quantitative estimate of drug-likeness (QED) is 0.833. The van der Waals surface area contributed by atoms with E-state index >= 15 is 0 Å². The van der Waals surface area contributed by atoms with Crippen molar-refractivity contribution in [2.24, 2.45) is 5.73 Å². The number of nitrogens with one attached hydrogen (secondary N) is 1. The molecule has 0 unspecified atom stereocenters. The topological polar surface area (TPSA) is 55.1 Å². The second-order valence-electron chi connectivity index (χ2n) is 3.59. The molecule has 1 heterocycles. The Kier molecular flexibility index (Phi) is 4.55. The zero-order valence-electron chi connectivity index (χ0n) is 9.24. The van der Waals surface area contributed by atoms with Gasteiger partial charge in [-0.05, 0) is 55.6 Å². The van der Waals surface area contributed by atoms with Crippen molar-refractivity contribution in [3.05, 3.63) is 49.0 Å². The van der Waals surface area contributed by atoms with Gasteiger partial charge in [-0.15, -0.1) is 11.3 Å². The number of carbonyl (C=O) groups is 1. The average Bonchev–Trinajstić information content (AvgIpc) is 2.70. The van der Waals surface area contributed by atoms with Crippen LogP contribution in [0.25, 0.3) is 0 Å². The van der Waals surface area contributed by atoms with Crippen molar-refractivity contribution in [1.82, 2.24) is 0 Å². The fourth-order valence-corrected chi connectivity index (χ4v) is 3.36. The van der Waals surface area contributed by atoms with Gasteiger partial charge in [-0.2, -0.15) is 0 Å². The number of benzene rings is 1. The summed E-state index contributed by atoms with van der Waals surface area (Å²) in [6, 6.07) is 9.30. The highest BCUT2D eigenvalue weighted by molar-refractivity contribution is 9.13. The molecule has 0 radical (unpaired) electrons. The van der Waals surface area contributed by atoms with Crippen LogP contribution in [0.1, 0.15) is 15.2 Å². The highest BCUT2D eigenvalue weighted by Crippen LogP contribution is 2.32. The lowest BCUT2D eigenvalue weighted by Crippen LogP contribution is -2.10. The molecular weight excluding hydrogens is 380 g/mol. The van der Waals surface area contributed by atoms with Crippen molar-refractivity contribution in [3.8, 4) is 0 Å². The normalized spacial score (nSPS) is 10.4. The van der Waals surface area contributed by atoms with Crippen molar-refractivity contribution >= 4 is 54.8 Å². The predicted molar refractivity (Wildman–Crippen MR) is 82.0 cm³/mol. The van der Waals surface area contributed by atoms with Crippen LogP contribution in [0.3, 0.4) is 0 Å². The molecular formula is C12H10Br2N2OS. The maximum Gasteiger partial charge on any atom is 0.265 e. The number of amides is 1. The lowest BCUT2D eigenvalue weighted by molar-refractivity contribution is 0.103. The van der Waals surface area contributed by atoms with E-state index in [-0.39, 0.29) is 5.91 Å². The number of hydrogen-bond acceptors (Lipinski definition) is 3. The molecule has 0 saturated carbocycles. The first-order valence-electron chi connectivity index (χ1n) is 5.15. The largest absolute Gasteiger partial charge is 0.326 e. The highest BCUT2D eigenvalue weighted by Gasteiger charge is 2.12. The van der Waals surface area contributed by atoms with Gasteiger partial charge in [-0.3, -0.25) is 4.79 Å². The Labute approximate surface area is 126 Å². The molecule has 1 amide bonds. The van der Waals surface area contributed by atoms with Gasteiger partial charge in [0.25, 0.3) is 5.91 Å². The molecule has 0 bridgehead atoms. The second-order valence-corrected chi connectivity index (χ2v) is 6.82. The molecule has 6 heteroatoms. The summed E-state index contributed by atoms with van der Waals surface area (Å²) in [5.74, 6) is -0.124. The smallest absolute Gasteiger partial charge is 0.265 e. The first kappa shape index (κ1) is 13.7. The summed E-state index contributed by atoms with van der Waals surface area (Å²) in [7, 11) is 0. The molecule has 0 atom stereocenters. The number of hydrogen-bond donors (Lipinski definition) is 2. The lowest BCUT2D eigenvalue weighted by Gasteiger charge is -2.05. The second kappa shape index (κ2) is 5.97. The van der Waals surface area contributed by atoms with Crippen LogP contribution in [-0.4, -0.2) is 5.91 Å². The molecule has 1 aromatic carbocycles. The van der Waals surface area contributed by atoms with E-state index in [0.717, 1.165) is 19.5 Å². The third-order valence-corrected chi connectivity index (χ3v) is 5.54. The Morgan fingerprint density at radius 1 is 1.33 bits per heavy atom. The molecule has 0 saturated heterocycles. The Morgan fingerprint density at radius 3 is 2.72 bits per heavy atom. The fraction of sp³-hybridized carbons (Fsp3) is 0.0833. The molecule has 0 aliphatic carbocycles. The van der Waals surface area contributed by atoms with Crippen LogP contribution in [0.2, 0.25) is 0 Å². The molecule has 1 aromatic heterocycles. The third-order valence-electron chi connectivity index (χ3n) is 2.29. The van der Waals surface area contributed by atoms with E-state index < -0.39 is 0 Å². The summed E-state index contributed by atoms with van der Waals surface area (Å²) in [5, 5.41) is 2.85. The Morgan fingerprint density at radius 2 is 2.11 bits per heavy atom. The standard InChI is InChI=1S/C12H10Br2N2OS/c13-9-5-10(18-11(9)14)12(17)16-8-3-1-2-7(4-8)6-15/h1-5H,6,15H2,(H,16,17). The maximum absolute atomic E-state index is 12.0. The summed E-state index contributed by atoms with van der Waals surface area (Å²) in [4.78, 5) is 12.7. The maximum atomic E-state index is 12.0. The van der Waals surface area contributed by atoms with Gasteiger partial charge >= 0.3 is 0 Å². The van der Waals surface area contributed by atoms with Gasteiger partial charge < -0.3 is 11.1 Å². The summed E-state index contributed by atoms with van der Waals surface area (Å²) in [6.45, 7) is 0.458. The van der Waals surface area contributed by atoms with E-state index in [4.69, 9.17) is 5.73 Å². The minimum atomic E-state index is -0.124. The minimum absolute atomic E-state index is 0.124. The van der Waals surface area contributed by atoms with Crippen molar-refractivity contribution in [1.29, 1.82) is 0 Å². The van der Waals surface area contributed by atoms with E-state index in [1.54, 1.807) is 6.07 Å². The number of nitrogens with two attached hydrogens (primary N) is 1. The number of carbonyl (C=O) groups excluding carboxylic acids is 1. The number of halogens is 2. The fourth-order valence-electron chi connectivity index (χ4n) is 1.43. The summed E-state index contributed by atoms with van der Waals surface area (Å²) < 4.78 is 1.79. The summed E-state index contributed by atoms with van der Waals surface area (Å²) >= 11 is 8.11. The highest BCUT2D eigenvalue weighted by atomic mass is 79.9. The summed E-state index contributed by atoms with van der Waals surface area (Å²) in [6.07, 6.45) is 0. The molecule has 3 N–H and O–H groups in total. The van der Waals surface area contributed by atoms with E-state index in [2.05, 4.69) is 37.2 Å². The van der Waals surface area contributed by atoms with Gasteiger partial charge in [0.05, 0.1) is 8.66 Å². The van der Waals surface area contributed by atoms with Crippen LogP contribution in [-0.2, 0) is 6.54 Å². The number of rotatable bonds is 3. The van der Waals surface area contributed by atoms with E-state index in [1.807, 2.05) is 24.3 Å². The number of anilines is 1. The molecule has 3 nitrogen and oxygen atoms in total. The molecule has 94 valence electrons. The first-order valence-corrected chi connectivity index (χ1v) is 7.55. The third kappa shape index (κ3) is 3.20. The molecule has 2 rings (SSSR count). The van der Waals surface area contributed by atoms with Crippen LogP contribution in [0.5, 0.6) is 0 Å². The zero-order chi connectivity index (χ0) is 13.1. The van der Waals surface area contributed by atoms with Crippen molar-refractivity contribution < 1.29 is 4.79 Å². The average molecular weight is 390 g/mol. The van der Waals surface area contributed by atoms with E-state index in [9.17, 15) is 4.79 Å². The minimum Gasteiger partial charge on any atom is -0.326 e. The van der Waals surface area contributed by atoms with Crippen molar-refractivity contribution in [2.45, 2.75) is 6.54 Å². The predicted octanol–water partition coefficient (Wildman–Crippen LogP) is 3.98. The van der Waals surface area contributed by atoms with Crippen molar-refractivity contribution in [2.75, 3.05) is 5.32 Å². The van der Waals surface area contributed by atoms with Crippen LogP contribution in [0, 0.1) is 0 Å². The molecule has 0 spiro atoms. The summed E-state index contributed by atoms with van der Waals surface area (Å²) in [5.41, 5.74) is 7.30. The molecule has 2 aromatic rings. The Balaban J connectivity index is 2.15. The molecule has 0 aliphatic rings. The first-order chi connectivity index (χ1) is 8.60. The van der Waals surface area contributed by atoms with Gasteiger partial charge in [-0.25, -0.2) is 0 Å². The van der Waals surface area contributed by atoms with Crippen LogP contribution >= 0.6 is 43.2 Å². The van der Waals surface area contributed by atoms with Gasteiger partial charge in [0.1, 0.15) is 0 Å². The van der Waals surface area contributed by atoms with Crippen LogP contribution < -0.4 is 11.1 Å². The van der Waals surface area contributed by atoms with Gasteiger partial charge in [-0.1, -0.05) is 12.1 Å². The van der Waals surface area contributed by atoms with E-state index in [1.165, 1.54) is 11.3 Å². The SMILES string of the molecule is NCc1cccc(NC(=O)c2cc(Br)c(Br)s2)c1. The molecule has 0 aliphatic heterocycles. The Bertz CT molecular complexity index is 564. The molecule has 0 fully saturated rings. The van der Waals surface area contributed by atoms with Crippen LogP contribution in [0.4, 0.5) is 5.69 Å². The lowest BCUT2D eigenvalue weighted by atomic mass is 10.2. The van der Waals surface area contributed by atoms with Gasteiger partial charge in [0.15, 0.2) is 0 Å². The van der Waals surface area contributed by atoms with Crippen LogP contribution in [0.15, 0.2) is 38.6 Å². The molecule has 18 heavy (non-hydrogen) atoms. The van der Waals surface area contributed by atoms with E-state index in [0.29, 0.717) is 11.4 Å². The number of thiophene rings is 1. The zero-order valence-corrected chi connectivity index (χ0v) is 13.2. The van der Waals surface area contributed by atoms with Gasteiger partial charge in [0.2, 0.25) is 0 Å².